The van der Waals surface area contributed by atoms with E-state index < -0.39 is 23.2 Å². The van der Waals surface area contributed by atoms with Crippen LogP contribution in [0.25, 0.3) is 0 Å². The normalized spacial score (nSPS) is 10.8. The summed E-state index contributed by atoms with van der Waals surface area (Å²) in [5.41, 5.74) is 0.0786. The van der Waals surface area contributed by atoms with E-state index in [9.17, 15) is 20.0 Å². The number of aromatic hydroxyl groups is 1. The number of carboxylic acid groups (broad SMARTS) is 2. The van der Waals surface area contributed by atoms with Gasteiger partial charge in [0.25, 0.3) is 5.69 Å². The zero-order valence-electron chi connectivity index (χ0n) is 12.1. The molecule has 1 aromatic carbocycles. The first kappa shape index (κ1) is 19.2. The van der Waals surface area contributed by atoms with Crippen LogP contribution in [-0.2, 0) is 9.53 Å². The molecule has 0 aliphatic rings. The first-order valence-corrected chi connectivity index (χ1v) is 6.27. The molecule has 1 rings (SSSR count). The number of carbonyl (C=O) groups excluding carboxylic acids is 1. The van der Waals surface area contributed by atoms with Crippen LogP contribution < -0.4 is 0 Å². The summed E-state index contributed by atoms with van der Waals surface area (Å²) in [7, 11) is 0. The Labute approximate surface area is 125 Å². The Kier molecular flexibility index (Phi) is 7.98. The van der Waals surface area contributed by atoms with Gasteiger partial charge in [0.05, 0.1) is 4.92 Å². The van der Waals surface area contributed by atoms with Crippen LogP contribution in [0.3, 0.4) is 0 Å². The molecule has 9 nitrogen and oxygen atoms in total. The molecule has 0 saturated carbocycles. The van der Waals surface area contributed by atoms with Crippen LogP contribution in [0.5, 0.6) is 5.75 Å². The van der Waals surface area contributed by atoms with Gasteiger partial charge < -0.3 is 20.1 Å². The van der Waals surface area contributed by atoms with Gasteiger partial charge in [-0.25, -0.2) is 4.79 Å². The van der Waals surface area contributed by atoms with Crippen molar-refractivity contribution in [2.75, 3.05) is 0 Å². The first-order valence-electron chi connectivity index (χ1n) is 6.27. The maximum absolute atomic E-state index is 11.3. The molecule has 0 aliphatic heterocycles. The number of phenols is 1. The number of esters is 1. The van der Waals surface area contributed by atoms with Crippen molar-refractivity contribution in [1.82, 2.24) is 0 Å². The lowest BCUT2D eigenvalue weighted by molar-refractivity contribution is -0.385. The lowest BCUT2D eigenvalue weighted by atomic mass is 10.1. The predicted octanol–water partition coefficient (Wildman–Crippen LogP) is 2.93. The number of nitrogens with zero attached hydrogens (tertiary/aromatic N) is 1. The van der Waals surface area contributed by atoms with Crippen LogP contribution >= 0.6 is 0 Å². The number of carbonyl (C=O) groups is 2. The molecule has 9 heteroatoms. The number of nitro groups is 1. The van der Waals surface area contributed by atoms with E-state index in [1.165, 1.54) is 18.2 Å². The Morgan fingerprint density at radius 1 is 1.36 bits per heavy atom. The van der Waals surface area contributed by atoms with Gasteiger partial charge in [-0.2, -0.15) is 0 Å². The number of hydrogen-bond acceptors (Lipinski definition) is 6. The van der Waals surface area contributed by atoms with E-state index in [2.05, 4.69) is 0 Å². The summed E-state index contributed by atoms with van der Waals surface area (Å²) in [6, 6.07) is 3.62. The molecule has 0 saturated heterocycles. The van der Waals surface area contributed by atoms with E-state index in [-0.39, 0.29) is 23.4 Å². The van der Waals surface area contributed by atoms with Crippen molar-refractivity contribution >= 4 is 17.8 Å². The van der Waals surface area contributed by atoms with E-state index in [0.29, 0.717) is 6.42 Å². The average molecular weight is 315 g/mol. The Balaban J connectivity index is 0.000000980. The number of phenolic OH excluding ortho intramolecular Hbond substituents is 1. The number of ether oxygens (including phenoxy) is 1. The second-order valence-electron chi connectivity index (χ2n) is 4.16. The molecule has 0 aromatic heterocycles. The van der Waals surface area contributed by atoms with Crippen LogP contribution in [0.2, 0.25) is 0 Å². The minimum absolute atomic E-state index is 0.127. The topological polar surface area (TPSA) is 147 Å². The van der Waals surface area contributed by atoms with Crippen molar-refractivity contribution in [2.24, 2.45) is 0 Å². The molecule has 1 aromatic rings. The van der Waals surface area contributed by atoms with Gasteiger partial charge in [-0.05, 0) is 19.4 Å². The zero-order chi connectivity index (χ0) is 17.3. The SMILES string of the molecule is CCCC(=O)OC(C)c1cc([N+](=O)[O-])ccc1O.O=C(O)O. The molecule has 0 heterocycles. The maximum atomic E-state index is 11.3. The molecule has 1 atom stereocenters. The smallest absolute Gasteiger partial charge is 0.503 e. The summed E-state index contributed by atoms with van der Waals surface area (Å²) < 4.78 is 5.07. The summed E-state index contributed by atoms with van der Waals surface area (Å²) >= 11 is 0. The van der Waals surface area contributed by atoms with Crippen molar-refractivity contribution in [3.8, 4) is 5.75 Å². The van der Waals surface area contributed by atoms with Crippen LogP contribution in [-0.4, -0.2) is 32.4 Å². The molecule has 1 unspecified atom stereocenters. The fraction of sp³-hybridized carbons (Fsp3) is 0.385. The van der Waals surface area contributed by atoms with E-state index >= 15 is 0 Å². The molecule has 0 aliphatic carbocycles. The highest BCUT2D eigenvalue weighted by Gasteiger charge is 2.18. The summed E-state index contributed by atoms with van der Waals surface area (Å²) in [5.74, 6) is -0.520. The second-order valence-corrected chi connectivity index (χ2v) is 4.16. The number of nitro benzene ring substituents is 1. The molecular formula is C13H17NO8. The monoisotopic (exact) mass is 315 g/mol. The molecule has 0 spiro atoms. The van der Waals surface area contributed by atoms with Crippen LogP contribution in [0.1, 0.15) is 38.4 Å². The quantitative estimate of drug-likeness (QED) is 0.426. The molecule has 0 amide bonds. The summed E-state index contributed by atoms with van der Waals surface area (Å²) in [5, 5.41) is 34.2. The standard InChI is InChI=1S/C12H15NO5.CH2O3/c1-3-4-12(15)18-8(2)10-7-9(13(16)17)5-6-11(10)14;2-1(3)4/h5-8,14H,3-4H2,1-2H3;(H2,2,3,4). The van der Waals surface area contributed by atoms with E-state index in [1.807, 2.05) is 6.92 Å². The Bertz CT molecular complexity index is 539. The largest absolute Gasteiger partial charge is 0.508 e. The second kappa shape index (κ2) is 9.16. The molecule has 122 valence electrons. The number of rotatable bonds is 5. The summed E-state index contributed by atoms with van der Waals surface area (Å²) in [6.07, 6.45) is -1.61. The highest BCUT2D eigenvalue weighted by molar-refractivity contribution is 5.69. The average Bonchev–Trinajstić information content (AvgIpc) is 2.38. The molecule has 3 N–H and O–H groups in total. The van der Waals surface area contributed by atoms with Gasteiger partial charge in [-0.1, -0.05) is 6.92 Å². The van der Waals surface area contributed by atoms with Crippen LogP contribution in [0.15, 0.2) is 18.2 Å². The van der Waals surface area contributed by atoms with Gasteiger partial charge in [0, 0.05) is 24.1 Å². The Morgan fingerprint density at radius 2 is 1.91 bits per heavy atom. The number of non-ortho nitro benzene ring substituents is 1. The van der Waals surface area contributed by atoms with E-state index in [4.69, 9.17) is 19.7 Å². The number of benzene rings is 1. The molecule has 0 fully saturated rings. The minimum atomic E-state index is -1.83. The highest BCUT2D eigenvalue weighted by atomic mass is 16.6. The van der Waals surface area contributed by atoms with Gasteiger partial charge in [0.2, 0.25) is 0 Å². The van der Waals surface area contributed by atoms with Crippen molar-refractivity contribution in [3.63, 3.8) is 0 Å². The van der Waals surface area contributed by atoms with Crippen molar-refractivity contribution in [3.05, 3.63) is 33.9 Å². The molecule has 0 radical (unpaired) electrons. The highest BCUT2D eigenvalue weighted by Crippen LogP contribution is 2.30. The third-order valence-corrected chi connectivity index (χ3v) is 2.42. The predicted molar refractivity (Wildman–Crippen MR) is 74.8 cm³/mol. The zero-order valence-corrected chi connectivity index (χ0v) is 12.1. The van der Waals surface area contributed by atoms with Crippen molar-refractivity contribution in [1.29, 1.82) is 0 Å². The van der Waals surface area contributed by atoms with Gasteiger partial charge in [0.1, 0.15) is 11.9 Å². The van der Waals surface area contributed by atoms with Crippen molar-refractivity contribution < 1.29 is 34.6 Å². The molecular weight excluding hydrogens is 298 g/mol. The summed E-state index contributed by atoms with van der Waals surface area (Å²) in [4.78, 5) is 29.9. The lowest BCUT2D eigenvalue weighted by Crippen LogP contribution is -2.08. The van der Waals surface area contributed by atoms with Crippen LogP contribution in [0, 0.1) is 10.1 Å². The van der Waals surface area contributed by atoms with Crippen molar-refractivity contribution in [2.45, 2.75) is 32.8 Å². The van der Waals surface area contributed by atoms with Gasteiger partial charge >= 0.3 is 12.1 Å². The molecule has 0 bridgehead atoms. The fourth-order valence-corrected chi connectivity index (χ4v) is 1.50. The summed E-state index contributed by atoms with van der Waals surface area (Å²) in [6.45, 7) is 3.41. The van der Waals surface area contributed by atoms with E-state index in [1.54, 1.807) is 6.92 Å². The van der Waals surface area contributed by atoms with E-state index in [0.717, 1.165) is 0 Å². The maximum Gasteiger partial charge on any atom is 0.503 e. The molecule has 22 heavy (non-hydrogen) atoms. The third-order valence-electron chi connectivity index (χ3n) is 2.42. The van der Waals surface area contributed by atoms with Gasteiger partial charge in [0.15, 0.2) is 0 Å². The number of hydrogen-bond donors (Lipinski definition) is 3. The van der Waals surface area contributed by atoms with Gasteiger partial charge in [-0.15, -0.1) is 0 Å². The third kappa shape index (κ3) is 7.08. The lowest BCUT2D eigenvalue weighted by Gasteiger charge is -2.14. The van der Waals surface area contributed by atoms with Gasteiger partial charge in [-0.3, -0.25) is 14.9 Å². The Hall–Kier alpha value is -2.84. The first-order chi connectivity index (χ1) is 10.2. The van der Waals surface area contributed by atoms with Crippen LogP contribution in [0.4, 0.5) is 10.5 Å². The Morgan fingerprint density at radius 3 is 2.36 bits per heavy atom. The fourth-order valence-electron chi connectivity index (χ4n) is 1.50. The minimum Gasteiger partial charge on any atom is -0.508 e.